The molecule has 0 saturated heterocycles. The summed E-state index contributed by atoms with van der Waals surface area (Å²) in [6, 6.07) is 9.82. The second-order valence-corrected chi connectivity index (χ2v) is 5.69. The molecule has 116 valence electrons. The number of benzene rings is 2. The molecule has 2 aromatic carbocycles. The first-order chi connectivity index (χ1) is 10.2. The van der Waals surface area contributed by atoms with E-state index in [0.29, 0.717) is 0 Å². The number of rotatable bonds is 3. The highest BCUT2D eigenvalue weighted by Gasteiger charge is 2.29. The second kappa shape index (κ2) is 6.31. The summed E-state index contributed by atoms with van der Waals surface area (Å²) in [7, 11) is 0. The normalized spacial score (nSPS) is 11.3. The number of nitrogens with one attached hydrogen (secondary N) is 1. The molecule has 0 aliphatic carbocycles. The Hall–Kier alpha value is -2.15. The Bertz CT molecular complexity index is 684. The lowest BCUT2D eigenvalue weighted by molar-refractivity contribution is -0.0328. The van der Waals surface area contributed by atoms with E-state index in [9.17, 15) is 23.1 Å². The minimum atomic E-state index is -4.36. The van der Waals surface area contributed by atoms with E-state index in [2.05, 4.69) is 5.32 Å². The monoisotopic (exact) mass is 327 g/mol. The second-order valence-electron chi connectivity index (χ2n) is 4.55. The van der Waals surface area contributed by atoms with Crippen LogP contribution in [0.5, 0.6) is 5.75 Å². The number of aryl methyl sites for hydroxylation is 1. The van der Waals surface area contributed by atoms with Gasteiger partial charge in [0, 0.05) is 10.5 Å². The first-order valence-corrected chi connectivity index (χ1v) is 7.03. The van der Waals surface area contributed by atoms with Crippen LogP contribution in [0.15, 0.2) is 47.4 Å². The first kappa shape index (κ1) is 16.2. The topological polar surface area (TPSA) is 49.3 Å². The van der Waals surface area contributed by atoms with Crippen molar-refractivity contribution in [1.29, 1.82) is 0 Å². The zero-order chi connectivity index (χ0) is 16.3. The summed E-state index contributed by atoms with van der Waals surface area (Å²) in [4.78, 5) is 12.0. The number of hydrogen-bond donors (Lipinski definition) is 2. The molecule has 2 aromatic rings. The quantitative estimate of drug-likeness (QED) is 0.641. The zero-order valence-corrected chi connectivity index (χ0v) is 12.3. The number of halogens is 3. The van der Waals surface area contributed by atoms with Crippen LogP contribution in [0, 0.1) is 6.92 Å². The molecule has 1 amide bonds. The Kier molecular flexibility index (Phi) is 4.65. The number of phenolic OH excluding ortho intramolecular Hbond substituents is 1. The van der Waals surface area contributed by atoms with Gasteiger partial charge in [0.2, 0.25) is 0 Å². The van der Waals surface area contributed by atoms with Gasteiger partial charge in [0.05, 0.1) is 5.69 Å². The number of alkyl halides is 3. The first-order valence-electron chi connectivity index (χ1n) is 6.21. The molecule has 0 atom stereocenters. The maximum absolute atomic E-state index is 12.2. The zero-order valence-electron chi connectivity index (χ0n) is 11.4. The van der Waals surface area contributed by atoms with Gasteiger partial charge in [-0.05, 0) is 60.6 Å². The van der Waals surface area contributed by atoms with Gasteiger partial charge in [-0.1, -0.05) is 6.07 Å². The predicted molar refractivity (Wildman–Crippen MR) is 79.2 cm³/mol. The number of carbonyl (C=O) groups excluding carboxylic acids is 1. The summed E-state index contributed by atoms with van der Waals surface area (Å²) in [5.41, 5.74) is -3.09. The number of thioether (sulfide) groups is 1. The Labute approximate surface area is 129 Å². The summed E-state index contributed by atoms with van der Waals surface area (Å²) in [5.74, 6) is -0.583. The summed E-state index contributed by atoms with van der Waals surface area (Å²) < 4.78 is 36.7. The molecule has 0 saturated carbocycles. The van der Waals surface area contributed by atoms with Gasteiger partial charge < -0.3 is 10.4 Å². The highest BCUT2D eigenvalue weighted by Crippen LogP contribution is 2.36. The van der Waals surface area contributed by atoms with E-state index < -0.39 is 11.4 Å². The number of phenols is 1. The average Bonchev–Trinajstić information content (AvgIpc) is 2.41. The third kappa shape index (κ3) is 4.42. The Balaban J connectivity index is 2.10. The van der Waals surface area contributed by atoms with Gasteiger partial charge in [0.25, 0.3) is 5.91 Å². The maximum atomic E-state index is 12.2. The van der Waals surface area contributed by atoms with E-state index in [1.165, 1.54) is 30.3 Å². The summed E-state index contributed by atoms with van der Waals surface area (Å²) >= 11 is -0.243. The van der Waals surface area contributed by atoms with Crippen LogP contribution in [0.3, 0.4) is 0 Å². The lowest BCUT2D eigenvalue weighted by atomic mass is 10.2. The largest absolute Gasteiger partial charge is 0.506 e. The van der Waals surface area contributed by atoms with Crippen molar-refractivity contribution < 1.29 is 23.1 Å². The van der Waals surface area contributed by atoms with Gasteiger partial charge in [-0.2, -0.15) is 13.2 Å². The van der Waals surface area contributed by atoms with E-state index in [0.717, 1.165) is 5.56 Å². The molecule has 7 heteroatoms. The molecule has 0 aromatic heterocycles. The minimum absolute atomic E-state index is 0.00207. The fraction of sp³-hybridized carbons (Fsp3) is 0.133. The molecule has 0 radical (unpaired) electrons. The molecule has 0 spiro atoms. The van der Waals surface area contributed by atoms with Gasteiger partial charge in [-0.15, -0.1) is 0 Å². The molecule has 0 bridgehead atoms. The molecular formula is C15H12F3NO2S. The van der Waals surface area contributed by atoms with Crippen molar-refractivity contribution in [3.8, 4) is 5.75 Å². The molecule has 3 nitrogen and oxygen atoms in total. The predicted octanol–water partition coefficient (Wildman–Crippen LogP) is 4.56. The minimum Gasteiger partial charge on any atom is -0.506 e. The van der Waals surface area contributed by atoms with Gasteiger partial charge in [-0.3, -0.25) is 4.79 Å². The highest BCUT2D eigenvalue weighted by molar-refractivity contribution is 8.00. The molecule has 2 rings (SSSR count). The van der Waals surface area contributed by atoms with Crippen molar-refractivity contribution in [3.63, 3.8) is 0 Å². The molecule has 0 aliphatic heterocycles. The van der Waals surface area contributed by atoms with Crippen LogP contribution in [-0.4, -0.2) is 16.5 Å². The van der Waals surface area contributed by atoms with Crippen molar-refractivity contribution >= 4 is 23.4 Å². The van der Waals surface area contributed by atoms with Crippen LogP contribution in [0.1, 0.15) is 15.9 Å². The molecule has 2 N–H and O–H groups in total. The number of anilines is 1. The lowest BCUT2D eigenvalue weighted by Gasteiger charge is -2.09. The number of aromatic hydroxyl groups is 1. The van der Waals surface area contributed by atoms with E-state index in [1.54, 1.807) is 19.1 Å². The van der Waals surface area contributed by atoms with Crippen molar-refractivity contribution in [2.24, 2.45) is 0 Å². The Morgan fingerprint density at radius 2 is 1.77 bits per heavy atom. The molecular weight excluding hydrogens is 315 g/mol. The van der Waals surface area contributed by atoms with Gasteiger partial charge in [-0.25, -0.2) is 0 Å². The molecule has 0 unspecified atom stereocenters. The smallest absolute Gasteiger partial charge is 0.446 e. The Morgan fingerprint density at radius 3 is 2.32 bits per heavy atom. The summed E-state index contributed by atoms with van der Waals surface area (Å²) in [5, 5.41) is 12.2. The highest BCUT2D eigenvalue weighted by atomic mass is 32.2. The average molecular weight is 327 g/mol. The van der Waals surface area contributed by atoms with E-state index in [1.807, 2.05) is 0 Å². The van der Waals surface area contributed by atoms with Crippen LogP contribution in [0.25, 0.3) is 0 Å². The number of hydrogen-bond acceptors (Lipinski definition) is 3. The number of amides is 1. The molecule has 0 heterocycles. The fourth-order valence-electron chi connectivity index (χ4n) is 1.75. The SMILES string of the molecule is Cc1ccc(NC(=O)c2ccc(SC(F)(F)F)cc2)c(O)c1. The third-order valence-corrected chi connectivity index (χ3v) is 3.49. The standard InChI is InChI=1S/C15H12F3NO2S/c1-9-2-7-12(13(20)8-9)19-14(21)10-3-5-11(6-4-10)22-15(16,17)18/h2-8,20H,1H3,(H,19,21). The van der Waals surface area contributed by atoms with E-state index in [4.69, 9.17) is 0 Å². The lowest BCUT2D eigenvalue weighted by Crippen LogP contribution is -2.12. The van der Waals surface area contributed by atoms with E-state index >= 15 is 0 Å². The molecule has 0 aliphatic rings. The Morgan fingerprint density at radius 1 is 1.14 bits per heavy atom. The van der Waals surface area contributed by atoms with Gasteiger partial charge >= 0.3 is 5.51 Å². The van der Waals surface area contributed by atoms with Crippen molar-refractivity contribution in [2.45, 2.75) is 17.3 Å². The van der Waals surface area contributed by atoms with Gasteiger partial charge in [0.1, 0.15) is 5.75 Å². The van der Waals surface area contributed by atoms with Crippen molar-refractivity contribution in [1.82, 2.24) is 0 Å². The van der Waals surface area contributed by atoms with Crippen LogP contribution >= 0.6 is 11.8 Å². The summed E-state index contributed by atoms with van der Waals surface area (Å²) in [6.07, 6.45) is 0. The fourth-order valence-corrected chi connectivity index (χ4v) is 2.29. The molecule has 0 fully saturated rings. The van der Waals surface area contributed by atoms with E-state index in [-0.39, 0.29) is 33.7 Å². The van der Waals surface area contributed by atoms with Crippen LogP contribution in [0.4, 0.5) is 18.9 Å². The van der Waals surface area contributed by atoms with Crippen molar-refractivity contribution in [3.05, 3.63) is 53.6 Å². The van der Waals surface area contributed by atoms with Gasteiger partial charge in [0.15, 0.2) is 0 Å². The van der Waals surface area contributed by atoms with Crippen LogP contribution in [0.2, 0.25) is 0 Å². The van der Waals surface area contributed by atoms with Crippen LogP contribution < -0.4 is 5.32 Å². The molecule has 22 heavy (non-hydrogen) atoms. The maximum Gasteiger partial charge on any atom is 0.446 e. The third-order valence-electron chi connectivity index (χ3n) is 2.75. The summed E-state index contributed by atoms with van der Waals surface area (Å²) in [6.45, 7) is 1.79. The number of carbonyl (C=O) groups is 1. The van der Waals surface area contributed by atoms with Crippen molar-refractivity contribution in [2.75, 3.05) is 5.32 Å². The van der Waals surface area contributed by atoms with Crippen LogP contribution in [-0.2, 0) is 0 Å².